The summed E-state index contributed by atoms with van der Waals surface area (Å²) in [7, 11) is 5.45. The number of carbonyl (C=O) groups is 1. The third kappa shape index (κ3) is 4.05. The van der Waals surface area contributed by atoms with Crippen molar-refractivity contribution in [3.05, 3.63) is 18.5 Å². The van der Waals surface area contributed by atoms with Gasteiger partial charge in [-0.15, -0.1) is 0 Å². The zero-order valence-corrected chi connectivity index (χ0v) is 12.6. The normalized spacial score (nSPS) is 21.7. The summed E-state index contributed by atoms with van der Waals surface area (Å²) in [5, 5.41) is 5.74. The zero-order valence-electron chi connectivity index (χ0n) is 12.6. The smallest absolute Gasteiger partial charge is 0.319 e. The van der Waals surface area contributed by atoms with E-state index in [1.54, 1.807) is 25.6 Å². The lowest BCUT2D eigenvalue weighted by Gasteiger charge is -2.31. The molecule has 1 saturated heterocycles. The highest BCUT2D eigenvalue weighted by molar-refractivity contribution is 5.93. The van der Waals surface area contributed by atoms with Gasteiger partial charge in [-0.3, -0.25) is 4.98 Å². The van der Waals surface area contributed by atoms with Crippen LogP contribution in [0.25, 0.3) is 0 Å². The first-order chi connectivity index (χ1) is 10.1. The Morgan fingerprint density at radius 3 is 3.05 bits per heavy atom. The van der Waals surface area contributed by atoms with Crippen LogP contribution in [0.4, 0.5) is 16.2 Å². The lowest BCUT2D eigenvalue weighted by atomic mass is 10.1. The van der Waals surface area contributed by atoms with Gasteiger partial charge in [0.15, 0.2) is 0 Å². The van der Waals surface area contributed by atoms with Gasteiger partial charge in [0.1, 0.15) is 0 Å². The molecule has 2 amide bonds. The van der Waals surface area contributed by atoms with Gasteiger partial charge in [0.25, 0.3) is 0 Å². The summed E-state index contributed by atoms with van der Waals surface area (Å²) in [5.74, 6) is 0. The number of hydrogen-bond acceptors (Lipinski definition) is 5. The monoisotopic (exact) mass is 294 g/mol. The summed E-state index contributed by atoms with van der Waals surface area (Å²) < 4.78 is 10.8. The van der Waals surface area contributed by atoms with Crippen molar-refractivity contribution in [3.63, 3.8) is 0 Å². The third-order valence-corrected chi connectivity index (χ3v) is 3.44. The molecule has 0 aromatic carbocycles. The van der Waals surface area contributed by atoms with Crippen LogP contribution in [-0.2, 0) is 9.47 Å². The zero-order chi connectivity index (χ0) is 15.2. The summed E-state index contributed by atoms with van der Waals surface area (Å²) in [6.45, 7) is 1.12. The first kappa shape index (κ1) is 15.5. The van der Waals surface area contributed by atoms with E-state index < -0.39 is 0 Å². The molecule has 0 saturated carbocycles. The lowest BCUT2D eigenvalue weighted by Crippen LogP contribution is -2.51. The Bertz CT molecular complexity index is 481. The van der Waals surface area contributed by atoms with E-state index in [2.05, 4.69) is 15.6 Å². The Balaban J connectivity index is 1.98. The average Bonchev–Trinajstić information content (AvgIpc) is 2.48. The fraction of sp³-hybridized carbons (Fsp3) is 0.571. The van der Waals surface area contributed by atoms with E-state index in [9.17, 15) is 4.79 Å². The molecule has 7 nitrogen and oxygen atoms in total. The predicted molar refractivity (Wildman–Crippen MR) is 80.7 cm³/mol. The van der Waals surface area contributed by atoms with Crippen molar-refractivity contribution >= 4 is 17.4 Å². The van der Waals surface area contributed by atoms with Crippen LogP contribution >= 0.6 is 0 Å². The number of ether oxygens (including phenoxy) is 2. The predicted octanol–water partition coefficient (Wildman–Crippen LogP) is 1.07. The average molecular weight is 294 g/mol. The molecule has 0 aliphatic carbocycles. The highest BCUT2D eigenvalue weighted by Gasteiger charge is 2.27. The molecule has 0 radical (unpaired) electrons. The van der Waals surface area contributed by atoms with Crippen molar-refractivity contribution in [1.82, 2.24) is 10.3 Å². The second-order valence-corrected chi connectivity index (χ2v) is 5.13. The van der Waals surface area contributed by atoms with Crippen LogP contribution in [0.2, 0.25) is 0 Å². The standard InChI is InChI=1S/C14H22N4O3/c1-18(2)12-8-15-6-4-10(12)16-14(19)17-11-9-21-7-5-13(11)20-3/h4,6,8,11,13H,5,7,9H2,1-3H3,(H2,15,16,17,19)/t11-,13-/m1/s1. The number of hydrogen-bond donors (Lipinski definition) is 2. The second-order valence-electron chi connectivity index (χ2n) is 5.13. The van der Waals surface area contributed by atoms with Crippen molar-refractivity contribution < 1.29 is 14.3 Å². The highest BCUT2D eigenvalue weighted by Crippen LogP contribution is 2.22. The Morgan fingerprint density at radius 1 is 1.52 bits per heavy atom. The molecule has 1 aliphatic rings. The van der Waals surface area contributed by atoms with Crippen molar-refractivity contribution in [3.8, 4) is 0 Å². The number of anilines is 2. The number of rotatable bonds is 4. The summed E-state index contributed by atoms with van der Waals surface area (Å²) in [6, 6.07) is 1.34. The Labute approximate surface area is 124 Å². The maximum absolute atomic E-state index is 12.1. The number of amides is 2. The maximum atomic E-state index is 12.1. The molecular weight excluding hydrogens is 272 g/mol. The van der Waals surface area contributed by atoms with E-state index in [1.165, 1.54) is 0 Å². The number of nitrogens with one attached hydrogen (secondary N) is 2. The minimum Gasteiger partial charge on any atom is -0.379 e. The van der Waals surface area contributed by atoms with Crippen molar-refractivity contribution in [2.45, 2.75) is 18.6 Å². The molecule has 1 fully saturated rings. The van der Waals surface area contributed by atoms with Crippen LogP contribution < -0.4 is 15.5 Å². The van der Waals surface area contributed by atoms with Gasteiger partial charge in [0, 0.05) is 34.0 Å². The van der Waals surface area contributed by atoms with Crippen LogP contribution in [0.15, 0.2) is 18.5 Å². The second kappa shape index (κ2) is 7.24. The molecule has 2 rings (SSSR count). The quantitative estimate of drug-likeness (QED) is 0.869. The number of nitrogens with zero attached hydrogens (tertiary/aromatic N) is 2. The van der Waals surface area contributed by atoms with E-state index in [4.69, 9.17) is 9.47 Å². The summed E-state index contributed by atoms with van der Waals surface area (Å²) in [4.78, 5) is 18.1. The van der Waals surface area contributed by atoms with Crippen LogP contribution in [0.5, 0.6) is 0 Å². The van der Waals surface area contributed by atoms with E-state index in [-0.39, 0.29) is 18.2 Å². The molecular formula is C14H22N4O3. The lowest BCUT2D eigenvalue weighted by molar-refractivity contribution is -0.0330. The molecule has 116 valence electrons. The van der Waals surface area contributed by atoms with Gasteiger partial charge in [-0.1, -0.05) is 0 Å². The van der Waals surface area contributed by atoms with E-state index in [0.717, 1.165) is 12.1 Å². The molecule has 2 heterocycles. The molecule has 1 aromatic rings. The summed E-state index contributed by atoms with van der Waals surface area (Å²) >= 11 is 0. The molecule has 21 heavy (non-hydrogen) atoms. The molecule has 1 aromatic heterocycles. The minimum absolute atomic E-state index is 0.0183. The summed E-state index contributed by atoms with van der Waals surface area (Å²) in [6.07, 6.45) is 4.11. The molecule has 0 unspecified atom stereocenters. The van der Waals surface area contributed by atoms with Gasteiger partial charge >= 0.3 is 6.03 Å². The highest BCUT2D eigenvalue weighted by atomic mass is 16.5. The number of pyridine rings is 1. The largest absolute Gasteiger partial charge is 0.379 e. The summed E-state index contributed by atoms with van der Waals surface area (Å²) in [5.41, 5.74) is 1.55. The Morgan fingerprint density at radius 2 is 2.33 bits per heavy atom. The first-order valence-electron chi connectivity index (χ1n) is 6.91. The fourth-order valence-corrected chi connectivity index (χ4v) is 2.31. The molecule has 0 spiro atoms. The number of urea groups is 1. The number of methoxy groups -OCH3 is 1. The molecule has 2 N–H and O–H groups in total. The van der Waals surface area contributed by atoms with Gasteiger partial charge in [-0.05, 0) is 12.5 Å². The Kier molecular flexibility index (Phi) is 5.35. The van der Waals surface area contributed by atoms with E-state index in [1.807, 2.05) is 19.0 Å². The van der Waals surface area contributed by atoms with E-state index >= 15 is 0 Å². The van der Waals surface area contributed by atoms with Gasteiger partial charge < -0.3 is 25.0 Å². The molecule has 7 heteroatoms. The topological polar surface area (TPSA) is 75.7 Å². The van der Waals surface area contributed by atoms with Crippen LogP contribution in [-0.4, -0.2) is 57.6 Å². The molecule has 0 bridgehead atoms. The maximum Gasteiger partial charge on any atom is 0.319 e. The first-order valence-corrected chi connectivity index (χ1v) is 6.91. The van der Waals surface area contributed by atoms with Gasteiger partial charge in [0.05, 0.1) is 36.3 Å². The van der Waals surface area contributed by atoms with Gasteiger partial charge in [-0.2, -0.15) is 0 Å². The van der Waals surface area contributed by atoms with Crippen molar-refractivity contribution in [2.75, 3.05) is 44.6 Å². The Hall–Kier alpha value is -1.86. The number of aromatic nitrogens is 1. The number of carbonyl (C=O) groups excluding carboxylic acids is 1. The third-order valence-electron chi connectivity index (χ3n) is 3.44. The van der Waals surface area contributed by atoms with Crippen LogP contribution in [0, 0.1) is 0 Å². The SMILES string of the molecule is CO[C@@H]1CCOC[C@H]1NC(=O)Nc1ccncc1N(C)C. The fourth-order valence-electron chi connectivity index (χ4n) is 2.31. The van der Waals surface area contributed by atoms with Gasteiger partial charge in [-0.25, -0.2) is 4.79 Å². The van der Waals surface area contributed by atoms with Gasteiger partial charge in [0.2, 0.25) is 0 Å². The molecule has 1 aliphatic heterocycles. The van der Waals surface area contributed by atoms with Crippen molar-refractivity contribution in [2.24, 2.45) is 0 Å². The minimum atomic E-state index is -0.276. The van der Waals surface area contributed by atoms with E-state index in [0.29, 0.717) is 18.9 Å². The molecule has 2 atom stereocenters. The van der Waals surface area contributed by atoms with Crippen LogP contribution in [0.3, 0.4) is 0 Å². The van der Waals surface area contributed by atoms with Crippen LogP contribution in [0.1, 0.15) is 6.42 Å². The van der Waals surface area contributed by atoms with Crippen molar-refractivity contribution in [1.29, 1.82) is 0 Å².